The Balaban J connectivity index is 1.95. The SMILES string of the molecule is C=C/C(=C\N=CC)N(C)C(=O)c1cnc(-c2cc3ccccc3o2)n1C. The van der Waals surface area contributed by atoms with Gasteiger partial charge in [0.25, 0.3) is 5.91 Å². The maximum atomic E-state index is 12.8. The van der Waals surface area contributed by atoms with Crippen LogP contribution in [0.2, 0.25) is 0 Å². The summed E-state index contributed by atoms with van der Waals surface area (Å²) in [5.41, 5.74) is 1.82. The van der Waals surface area contributed by atoms with Gasteiger partial charge in [-0.05, 0) is 25.1 Å². The maximum absolute atomic E-state index is 12.8. The first-order chi connectivity index (χ1) is 12.6. The zero-order chi connectivity index (χ0) is 18.7. The van der Waals surface area contributed by atoms with Crippen molar-refractivity contribution in [1.29, 1.82) is 0 Å². The highest BCUT2D eigenvalue weighted by Gasteiger charge is 2.21. The number of carbonyl (C=O) groups is 1. The summed E-state index contributed by atoms with van der Waals surface area (Å²) in [7, 11) is 3.47. The number of benzene rings is 1. The number of carbonyl (C=O) groups excluding carboxylic acids is 1. The first-order valence-corrected chi connectivity index (χ1v) is 8.16. The van der Waals surface area contributed by atoms with Crippen molar-refractivity contribution < 1.29 is 9.21 Å². The van der Waals surface area contributed by atoms with Crippen LogP contribution in [0.15, 0.2) is 70.5 Å². The third kappa shape index (κ3) is 3.09. The van der Waals surface area contributed by atoms with Crippen molar-refractivity contribution in [2.24, 2.45) is 12.0 Å². The number of likely N-dealkylation sites (N-methyl/N-ethyl adjacent to an activating group) is 1. The van der Waals surface area contributed by atoms with E-state index in [9.17, 15) is 4.79 Å². The van der Waals surface area contributed by atoms with Crippen LogP contribution in [0.4, 0.5) is 0 Å². The molecule has 0 N–H and O–H groups in total. The molecule has 0 bridgehead atoms. The minimum absolute atomic E-state index is 0.209. The van der Waals surface area contributed by atoms with Crippen molar-refractivity contribution in [2.45, 2.75) is 6.92 Å². The molecule has 0 unspecified atom stereocenters. The Kier molecular flexibility index (Phi) is 4.84. The molecule has 3 aromatic rings. The van der Waals surface area contributed by atoms with Crippen LogP contribution >= 0.6 is 0 Å². The van der Waals surface area contributed by atoms with E-state index in [4.69, 9.17) is 4.42 Å². The van der Waals surface area contributed by atoms with Gasteiger partial charge in [-0.1, -0.05) is 24.8 Å². The molecule has 0 spiro atoms. The third-order valence-electron chi connectivity index (χ3n) is 4.11. The molecule has 6 nitrogen and oxygen atoms in total. The second-order valence-corrected chi connectivity index (χ2v) is 5.70. The lowest BCUT2D eigenvalue weighted by Gasteiger charge is -2.17. The second kappa shape index (κ2) is 7.23. The summed E-state index contributed by atoms with van der Waals surface area (Å²) >= 11 is 0. The molecule has 6 heteroatoms. The van der Waals surface area contributed by atoms with Crippen molar-refractivity contribution in [3.63, 3.8) is 0 Å². The van der Waals surface area contributed by atoms with E-state index in [1.165, 1.54) is 4.90 Å². The third-order valence-corrected chi connectivity index (χ3v) is 4.11. The van der Waals surface area contributed by atoms with Gasteiger partial charge in [0.05, 0.1) is 18.1 Å². The highest BCUT2D eigenvalue weighted by Crippen LogP contribution is 2.27. The fraction of sp³-hybridized carbons (Fsp3) is 0.150. The quantitative estimate of drug-likeness (QED) is 0.517. The predicted molar refractivity (Wildman–Crippen MR) is 103 cm³/mol. The molecule has 2 heterocycles. The van der Waals surface area contributed by atoms with Gasteiger partial charge < -0.3 is 13.9 Å². The number of fused-ring (bicyclic) bond motifs is 1. The molecule has 0 aliphatic rings. The smallest absolute Gasteiger partial charge is 0.276 e. The zero-order valence-corrected chi connectivity index (χ0v) is 15.0. The van der Waals surface area contributed by atoms with E-state index in [0.29, 0.717) is 23.0 Å². The number of aliphatic imine (C=N–C) groups is 1. The Morgan fingerprint density at radius 1 is 1.38 bits per heavy atom. The van der Waals surface area contributed by atoms with Crippen LogP contribution in [-0.2, 0) is 7.05 Å². The van der Waals surface area contributed by atoms with E-state index < -0.39 is 0 Å². The molecule has 1 amide bonds. The molecule has 0 aliphatic heterocycles. The predicted octanol–water partition coefficient (Wildman–Crippen LogP) is 4.02. The Labute approximate surface area is 151 Å². The Bertz CT molecular complexity index is 991. The van der Waals surface area contributed by atoms with E-state index >= 15 is 0 Å². The molecule has 2 aromatic heterocycles. The van der Waals surface area contributed by atoms with Gasteiger partial charge in [0.2, 0.25) is 0 Å². The summed E-state index contributed by atoms with van der Waals surface area (Å²) in [5, 5.41) is 0.991. The molecule has 26 heavy (non-hydrogen) atoms. The Morgan fingerprint density at radius 3 is 2.85 bits per heavy atom. The summed E-state index contributed by atoms with van der Waals surface area (Å²) < 4.78 is 7.58. The van der Waals surface area contributed by atoms with Crippen molar-refractivity contribution in [3.8, 4) is 11.6 Å². The monoisotopic (exact) mass is 348 g/mol. The van der Waals surface area contributed by atoms with Crippen molar-refractivity contribution in [1.82, 2.24) is 14.5 Å². The Hall–Kier alpha value is -3.41. The number of para-hydroxylation sites is 1. The number of hydrogen-bond donors (Lipinski definition) is 0. The zero-order valence-electron chi connectivity index (χ0n) is 15.0. The first-order valence-electron chi connectivity index (χ1n) is 8.16. The van der Waals surface area contributed by atoms with Crippen LogP contribution in [0.1, 0.15) is 17.4 Å². The number of furan rings is 1. The van der Waals surface area contributed by atoms with Crippen LogP contribution in [0.5, 0.6) is 0 Å². The van der Waals surface area contributed by atoms with Gasteiger partial charge in [0, 0.05) is 25.7 Å². The molecule has 0 fully saturated rings. The molecule has 0 radical (unpaired) electrons. The summed E-state index contributed by atoms with van der Waals surface area (Å²) in [5.74, 6) is 0.999. The standard InChI is InChI=1S/C20H20N4O2/c1-5-15(12-21-6-2)23(3)20(25)16-13-22-19(24(16)4)18-11-14-9-7-8-10-17(14)26-18/h5-13H,1H2,2-4H3/b15-12+,21-6?. The van der Waals surface area contributed by atoms with Crippen molar-refractivity contribution in [3.05, 3.63) is 66.8 Å². The first kappa shape index (κ1) is 17.4. The number of rotatable bonds is 5. The molecule has 0 atom stereocenters. The largest absolute Gasteiger partial charge is 0.453 e. The minimum Gasteiger partial charge on any atom is -0.453 e. The van der Waals surface area contributed by atoms with Crippen LogP contribution < -0.4 is 0 Å². The minimum atomic E-state index is -0.209. The van der Waals surface area contributed by atoms with E-state index in [2.05, 4.69) is 16.6 Å². The summed E-state index contributed by atoms with van der Waals surface area (Å²) in [6.45, 7) is 5.54. The van der Waals surface area contributed by atoms with E-state index in [1.807, 2.05) is 30.3 Å². The topological polar surface area (TPSA) is 63.6 Å². The molecule has 132 valence electrons. The van der Waals surface area contributed by atoms with Gasteiger partial charge in [-0.3, -0.25) is 9.79 Å². The number of aromatic nitrogens is 2. The second-order valence-electron chi connectivity index (χ2n) is 5.70. The molecule has 0 aliphatic carbocycles. The van der Waals surface area contributed by atoms with Gasteiger partial charge in [0.1, 0.15) is 11.3 Å². The number of allylic oxidation sites excluding steroid dienone is 1. The average Bonchev–Trinajstić information content (AvgIpc) is 3.24. The molecular weight excluding hydrogens is 328 g/mol. The van der Waals surface area contributed by atoms with E-state index in [-0.39, 0.29) is 5.91 Å². The van der Waals surface area contributed by atoms with Gasteiger partial charge in [-0.25, -0.2) is 4.98 Å². The van der Waals surface area contributed by atoms with E-state index in [0.717, 1.165) is 11.0 Å². The van der Waals surface area contributed by atoms with Gasteiger partial charge in [-0.2, -0.15) is 0 Å². The highest BCUT2D eigenvalue weighted by molar-refractivity contribution is 5.94. The molecular formula is C20H20N4O2. The molecule has 1 aromatic carbocycles. The maximum Gasteiger partial charge on any atom is 0.276 e. The van der Waals surface area contributed by atoms with Crippen LogP contribution in [-0.4, -0.2) is 33.6 Å². The summed E-state index contributed by atoms with van der Waals surface area (Å²) in [6.07, 6.45) is 6.36. The number of hydrogen-bond acceptors (Lipinski definition) is 4. The molecule has 0 saturated carbocycles. The van der Waals surface area contributed by atoms with Gasteiger partial charge in [-0.15, -0.1) is 0 Å². The molecule has 3 rings (SSSR count). The number of imidazole rings is 1. The van der Waals surface area contributed by atoms with Crippen LogP contribution in [0.25, 0.3) is 22.6 Å². The van der Waals surface area contributed by atoms with E-state index in [1.54, 1.807) is 50.3 Å². The number of amides is 1. The highest BCUT2D eigenvalue weighted by atomic mass is 16.3. The fourth-order valence-electron chi connectivity index (χ4n) is 2.65. The van der Waals surface area contributed by atoms with Gasteiger partial charge in [0.15, 0.2) is 11.6 Å². The van der Waals surface area contributed by atoms with Crippen molar-refractivity contribution in [2.75, 3.05) is 7.05 Å². The number of nitrogens with zero attached hydrogens (tertiary/aromatic N) is 4. The van der Waals surface area contributed by atoms with Gasteiger partial charge >= 0.3 is 0 Å². The lowest BCUT2D eigenvalue weighted by atomic mass is 10.2. The normalized spacial score (nSPS) is 12.0. The fourth-order valence-corrected chi connectivity index (χ4v) is 2.65. The Morgan fingerprint density at radius 2 is 2.15 bits per heavy atom. The van der Waals surface area contributed by atoms with Crippen LogP contribution in [0.3, 0.4) is 0 Å². The lowest BCUT2D eigenvalue weighted by Crippen LogP contribution is -2.27. The van der Waals surface area contributed by atoms with Crippen LogP contribution in [0, 0.1) is 0 Å². The summed E-state index contributed by atoms with van der Waals surface area (Å²) in [6, 6.07) is 9.66. The van der Waals surface area contributed by atoms with Crippen molar-refractivity contribution >= 4 is 23.1 Å². The average molecular weight is 348 g/mol. The lowest BCUT2D eigenvalue weighted by molar-refractivity contribution is 0.0831. The molecule has 0 saturated heterocycles. The summed E-state index contributed by atoms with van der Waals surface area (Å²) in [4.78, 5) is 22.8.